The molecule has 1 aromatic heterocycles. The quantitative estimate of drug-likeness (QED) is 0.874. The van der Waals surface area contributed by atoms with Crippen molar-refractivity contribution in [3.05, 3.63) is 57.8 Å². The first kappa shape index (κ1) is 15.7. The molecule has 0 aliphatic heterocycles. The molecule has 0 saturated heterocycles. The van der Waals surface area contributed by atoms with Gasteiger partial charge in [0.2, 0.25) is 0 Å². The van der Waals surface area contributed by atoms with Crippen LogP contribution in [0.25, 0.3) is 0 Å². The van der Waals surface area contributed by atoms with Crippen molar-refractivity contribution >= 4 is 23.2 Å². The number of rotatable bonds is 4. The third-order valence-corrected chi connectivity index (χ3v) is 4.91. The summed E-state index contributed by atoms with van der Waals surface area (Å²) in [6.45, 7) is 1.61. The lowest BCUT2D eigenvalue weighted by Gasteiger charge is -2.27. The van der Waals surface area contributed by atoms with Crippen molar-refractivity contribution in [2.75, 3.05) is 0 Å². The minimum Gasteiger partial charge on any atom is -0.448 e. The molecule has 120 valence electrons. The Kier molecular flexibility index (Phi) is 4.76. The molecular weight excluding hydrogens is 310 g/mol. The van der Waals surface area contributed by atoms with Gasteiger partial charge in [-0.25, -0.2) is 4.79 Å². The fraction of sp³-hybridized carbons (Fsp3) is 0.333. The summed E-state index contributed by atoms with van der Waals surface area (Å²) in [6.07, 6.45) is 2.20. The molecule has 1 aliphatic rings. The fourth-order valence-electron chi connectivity index (χ4n) is 2.86. The second-order valence-corrected chi connectivity index (χ2v) is 6.62. The van der Waals surface area contributed by atoms with Crippen LogP contribution in [-0.2, 0) is 16.0 Å². The van der Waals surface area contributed by atoms with Crippen LogP contribution in [0, 0.1) is 0 Å². The van der Waals surface area contributed by atoms with Gasteiger partial charge >= 0.3 is 5.97 Å². The summed E-state index contributed by atoms with van der Waals surface area (Å²) in [4.78, 5) is 24.8. The van der Waals surface area contributed by atoms with Crippen LogP contribution in [0.15, 0.2) is 41.8 Å². The number of amides is 1. The molecule has 4 nitrogen and oxygen atoms in total. The molecular formula is C18H19NO3S. The van der Waals surface area contributed by atoms with Gasteiger partial charge in [0.25, 0.3) is 5.91 Å². The Bertz CT molecular complexity index is 696. The van der Waals surface area contributed by atoms with Crippen molar-refractivity contribution in [1.82, 2.24) is 5.32 Å². The zero-order valence-electron chi connectivity index (χ0n) is 13.0. The van der Waals surface area contributed by atoms with Gasteiger partial charge in [-0.2, -0.15) is 0 Å². The Hall–Kier alpha value is -2.14. The summed E-state index contributed by atoms with van der Waals surface area (Å²) in [5, 5.41) is 4.82. The second kappa shape index (κ2) is 6.96. The maximum absolute atomic E-state index is 12.3. The van der Waals surface area contributed by atoms with Gasteiger partial charge in [0.15, 0.2) is 6.10 Å². The molecule has 0 fully saturated rings. The molecule has 1 heterocycles. The molecule has 3 rings (SSSR count). The van der Waals surface area contributed by atoms with Crippen molar-refractivity contribution in [3.8, 4) is 0 Å². The summed E-state index contributed by atoms with van der Waals surface area (Å²) in [7, 11) is 0. The summed E-state index contributed by atoms with van der Waals surface area (Å²) >= 11 is 1.30. The Labute approximate surface area is 139 Å². The lowest BCUT2D eigenvalue weighted by molar-refractivity contribution is -0.130. The van der Waals surface area contributed by atoms with Gasteiger partial charge in [-0.3, -0.25) is 4.79 Å². The lowest BCUT2D eigenvalue weighted by Crippen LogP contribution is -2.39. The zero-order valence-corrected chi connectivity index (χ0v) is 13.8. The van der Waals surface area contributed by atoms with Gasteiger partial charge in [-0.15, -0.1) is 11.3 Å². The van der Waals surface area contributed by atoms with Crippen LogP contribution in [0.1, 0.15) is 46.6 Å². The van der Waals surface area contributed by atoms with E-state index in [2.05, 4.69) is 17.4 Å². The first-order valence-corrected chi connectivity index (χ1v) is 8.66. The summed E-state index contributed by atoms with van der Waals surface area (Å²) in [5.41, 5.74) is 2.45. The lowest BCUT2D eigenvalue weighted by atomic mass is 9.87. The van der Waals surface area contributed by atoms with E-state index in [0.717, 1.165) is 19.3 Å². The standard InChI is InChI=1S/C18H19NO3S/c1-12(22-18(21)16-10-5-11-23-16)17(20)19-15-9-4-7-13-6-2-3-8-14(13)15/h2-3,5-6,8,10-12,15H,4,7,9H2,1H3,(H,19,20). The Morgan fingerprint density at radius 3 is 2.87 bits per heavy atom. The molecule has 2 unspecified atom stereocenters. The van der Waals surface area contributed by atoms with E-state index in [4.69, 9.17) is 4.74 Å². The number of esters is 1. The molecule has 2 atom stereocenters. The highest BCUT2D eigenvalue weighted by Crippen LogP contribution is 2.29. The van der Waals surface area contributed by atoms with E-state index < -0.39 is 12.1 Å². The Morgan fingerprint density at radius 1 is 1.26 bits per heavy atom. The maximum Gasteiger partial charge on any atom is 0.349 e. The van der Waals surface area contributed by atoms with Crippen LogP contribution in [0.4, 0.5) is 0 Å². The average molecular weight is 329 g/mol. The largest absolute Gasteiger partial charge is 0.448 e. The Balaban J connectivity index is 1.62. The van der Waals surface area contributed by atoms with Crippen LogP contribution in [0.2, 0.25) is 0 Å². The molecule has 5 heteroatoms. The van der Waals surface area contributed by atoms with E-state index in [0.29, 0.717) is 4.88 Å². The molecule has 23 heavy (non-hydrogen) atoms. The number of carbonyl (C=O) groups excluding carboxylic acids is 2. The van der Waals surface area contributed by atoms with E-state index >= 15 is 0 Å². The number of nitrogens with one attached hydrogen (secondary N) is 1. The van der Waals surface area contributed by atoms with Crippen molar-refractivity contribution in [2.45, 2.75) is 38.3 Å². The summed E-state index contributed by atoms with van der Waals surface area (Å²) in [6, 6.07) is 11.6. The third-order valence-electron chi connectivity index (χ3n) is 4.06. The fourth-order valence-corrected chi connectivity index (χ4v) is 3.47. The van der Waals surface area contributed by atoms with Gasteiger partial charge in [0.05, 0.1) is 6.04 Å². The molecule has 2 aromatic rings. The van der Waals surface area contributed by atoms with Gasteiger partial charge in [0, 0.05) is 0 Å². The number of aryl methyl sites for hydroxylation is 1. The van der Waals surface area contributed by atoms with Gasteiger partial charge in [-0.05, 0) is 48.8 Å². The van der Waals surface area contributed by atoms with Crippen molar-refractivity contribution in [1.29, 1.82) is 0 Å². The zero-order chi connectivity index (χ0) is 16.2. The smallest absolute Gasteiger partial charge is 0.349 e. The number of benzene rings is 1. The van der Waals surface area contributed by atoms with Crippen LogP contribution >= 0.6 is 11.3 Å². The van der Waals surface area contributed by atoms with Crippen molar-refractivity contribution in [2.24, 2.45) is 0 Å². The highest BCUT2D eigenvalue weighted by atomic mass is 32.1. The minimum absolute atomic E-state index is 0.00431. The molecule has 1 aliphatic carbocycles. The highest BCUT2D eigenvalue weighted by molar-refractivity contribution is 7.11. The second-order valence-electron chi connectivity index (χ2n) is 5.68. The number of thiophene rings is 1. The predicted octanol–water partition coefficient (Wildman–Crippen LogP) is 3.49. The molecule has 0 bridgehead atoms. The number of hydrogen-bond donors (Lipinski definition) is 1. The predicted molar refractivity (Wildman–Crippen MR) is 89.5 cm³/mol. The van der Waals surface area contributed by atoms with Crippen molar-refractivity contribution < 1.29 is 14.3 Å². The number of fused-ring (bicyclic) bond motifs is 1. The highest BCUT2D eigenvalue weighted by Gasteiger charge is 2.25. The van der Waals surface area contributed by atoms with Crippen LogP contribution in [0.5, 0.6) is 0 Å². The normalized spacial score (nSPS) is 17.9. The molecule has 0 saturated carbocycles. The SMILES string of the molecule is CC(OC(=O)c1cccs1)C(=O)NC1CCCc2ccccc21. The Morgan fingerprint density at radius 2 is 2.09 bits per heavy atom. The molecule has 1 amide bonds. The van der Waals surface area contributed by atoms with E-state index in [1.807, 2.05) is 12.1 Å². The van der Waals surface area contributed by atoms with Gasteiger partial charge < -0.3 is 10.1 Å². The topological polar surface area (TPSA) is 55.4 Å². The molecule has 1 aromatic carbocycles. The van der Waals surface area contributed by atoms with Gasteiger partial charge in [-0.1, -0.05) is 30.3 Å². The van der Waals surface area contributed by atoms with E-state index in [9.17, 15) is 9.59 Å². The number of ether oxygens (including phenoxy) is 1. The van der Waals surface area contributed by atoms with E-state index in [1.165, 1.54) is 22.5 Å². The molecule has 1 N–H and O–H groups in total. The van der Waals surface area contributed by atoms with E-state index in [1.54, 1.807) is 24.4 Å². The summed E-state index contributed by atoms with van der Waals surface area (Å²) in [5.74, 6) is -0.705. The molecule has 0 radical (unpaired) electrons. The average Bonchev–Trinajstić information content (AvgIpc) is 3.09. The number of carbonyl (C=O) groups is 2. The first-order chi connectivity index (χ1) is 11.1. The summed E-state index contributed by atoms with van der Waals surface area (Å²) < 4.78 is 5.25. The van der Waals surface area contributed by atoms with Crippen LogP contribution < -0.4 is 5.32 Å². The number of hydrogen-bond acceptors (Lipinski definition) is 4. The van der Waals surface area contributed by atoms with Crippen LogP contribution in [0.3, 0.4) is 0 Å². The first-order valence-electron chi connectivity index (χ1n) is 7.78. The van der Waals surface area contributed by atoms with Crippen molar-refractivity contribution in [3.63, 3.8) is 0 Å². The minimum atomic E-state index is -0.807. The van der Waals surface area contributed by atoms with E-state index in [-0.39, 0.29) is 11.9 Å². The maximum atomic E-state index is 12.3. The third kappa shape index (κ3) is 3.62. The van der Waals surface area contributed by atoms with Crippen LogP contribution in [-0.4, -0.2) is 18.0 Å². The molecule has 0 spiro atoms. The van der Waals surface area contributed by atoms with Gasteiger partial charge in [0.1, 0.15) is 4.88 Å². The monoisotopic (exact) mass is 329 g/mol.